The smallest absolute Gasteiger partial charge is 0.193 e. The fraction of sp³-hybridized carbons (Fsp3) is 0.917. The van der Waals surface area contributed by atoms with Crippen LogP contribution < -0.4 is 5.32 Å². The molecule has 0 heterocycles. The van der Waals surface area contributed by atoms with E-state index in [-0.39, 0.29) is 0 Å². The fourth-order valence-corrected chi connectivity index (χ4v) is 2.21. The lowest BCUT2D eigenvalue weighted by Crippen LogP contribution is -2.46. The fourth-order valence-electron chi connectivity index (χ4n) is 2.21. The van der Waals surface area contributed by atoms with E-state index in [1.54, 1.807) is 7.11 Å². The number of ether oxygens (including phenoxy) is 1. The van der Waals surface area contributed by atoms with E-state index in [4.69, 9.17) is 4.74 Å². The molecule has 4 nitrogen and oxygen atoms in total. The van der Waals surface area contributed by atoms with Crippen LogP contribution in [0.15, 0.2) is 4.99 Å². The summed E-state index contributed by atoms with van der Waals surface area (Å²) in [6, 6.07) is 0. The maximum atomic E-state index is 5.19. The number of guanidine groups is 1. The van der Waals surface area contributed by atoms with Crippen molar-refractivity contribution in [3.63, 3.8) is 0 Å². The average molecular weight is 227 g/mol. The summed E-state index contributed by atoms with van der Waals surface area (Å²) >= 11 is 0. The molecule has 1 N–H and O–H groups in total. The molecule has 0 radical (unpaired) electrons. The van der Waals surface area contributed by atoms with Gasteiger partial charge in [-0.3, -0.25) is 4.99 Å². The number of nitrogens with zero attached hydrogens (tertiary/aromatic N) is 2. The summed E-state index contributed by atoms with van der Waals surface area (Å²) < 4.78 is 5.19. The highest BCUT2D eigenvalue weighted by Crippen LogP contribution is 2.43. The van der Waals surface area contributed by atoms with Gasteiger partial charge < -0.3 is 15.0 Å². The number of nitrogens with one attached hydrogen (secondary N) is 1. The number of hydrogen-bond acceptors (Lipinski definition) is 2. The summed E-state index contributed by atoms with van der Waals surface area (Å²) in [4.78, 5) is 6.25. The summed E-state index contributed by atoms with van der Waals surface area (Å²) in [6.45, 7) is 1.88. The van der Waals surface area contributed by atoms with E-state index in [0.717, 1.165) is 25.5 Å². The first-order valence-electron chi connectivity index (χ1n) is 6.00. The molecule has 0 atom stereocenters. The lowest BCUT2D eigenvalue weighted by atomic mass is 9.67. The molecule has 0 amide bonds. The van der Waals surface area contributed by atoms with E-state index in [0.29, 0.717) is 5.41 Å². The van der Waals surface area contributed by atoms with E-state index >= 15 is 0 Å². The van der Waals surface area contributed by atoms with Crippen LogP contribution in [0.4, 0.5) is 0 Å². The van der Waals surface area contributed by atoms with Gasteiger partial charge in [-0.05, 0) is 24.7 Å². The molecule has 1 aliphatic rings. The van der Waals surface area contributed by atoms with Crippen LogP contribution in [0.25, 0.3) is 0 Å². The first kappa shape index (κ1) is 13.3. The van der Waals surface area contributed by atoms with Gasteiger partial charge in [0.05, 0.1) is 0 Å². The molecule has 0 aromatic carbocycles. The van der Waals surface area contributed by atoms with Crippen molar-refractivity contribution in [2.75, 3.05) is 41.4 Å². The molecule has 16 heavy (non-hydrogen) atoms. The van der Waals surface area contributed by atoms with Crippen LogP contribution >= 0.6 is 0 Å². The molecule has 0 aromatic rings. The Morgan fingerprint density at radius 2 is 2.12 bits per heavy atom. The van der Waals surface area contributed by atoms with Gasteiger partial charge in [0.15, 0.2) is 5.96 Å². The van der Waals surface area contributed by atoms with Crippen LogP contribution in [-0.4, -0.2) is 52.3 Å². The van der Waals surface area contributed by atoms with E-state index < -0.39 is 0 Å². The molecule has 1 fully saturated rings. The van der Waals surface area contributed by atoms with Gasteiger partial charge in [0.1, 0.15) is 0 Å². The molecule has 1 aliphatic carbocycles. The number of aliphatic imine (C=N–C) groups is 1. The third-order valence-electron chi connectivity index (χ3n) is 3.51. The summed E-state index contributed by atoms with van der Waals surface area (Å²) in [7, 11) is 7.62. The Morgan fingerprint density at radius 1 is 1.44 bits per heavy atom. The van der Waals surface area contributed by atoms with Gasteiger partial charge in [-0.2, -0.15) is 0 Å². The van der Waals surface area contributed by atoms with Gasteiger partial charge in [-0.25, -0.2) is 0 Å². The SMILES string of the molecule is CN=C(NCC1(CCOC)CCC1)N(C)C. The molecule has 94 valence electrons. The minimum atomic E-state index is 0.446. The Bertz CT molecular complexity index is 234. The quantitative estimate of drug-likeness (QED) is 0.569. The molecule has 4 heteroatoms. The Balaban J connectivity index is 2.39. The molecule has 0 bridgehead atoms. The van der Waals surface area contributed by atoms with E-state index in [1.807, 2.05) is 26.0 Å². The molecule has 0 aromatic heterocycles. The van der Waals surface area contributed by atoms with Crippen molar-refractivity contribution < 1.29 is 4.74 Å². The molecule has 0 saturated heterocycles. The van der Waals surface area contributed by atoms with Gasteiger partial charge in [0.25, 0.3) is 0 Å². The standard InChI is InChI=1S/C12H25N3O/c1-13-11(15(2)3)14-10-12(6-5-7-12)8-9-16-4/h5-10H2,1-4H3,(H,13,14). The van der Waals surface area contributed by atoms with Crippen molar-refractivity contribution in [2.45, 2.75) is 25.7 Å². The Morgan fingerprint density at radius 3 is 2.50 bits per heavy atom. The van der Waals surface area contributed by atoms with E-state index in [9.17, 15) is 0 Å². The highest BCUT2D eigenvalue weighted by atomic mass is 16.5. The Labute approximate surface area is 99.1 Å². The summed E-state index contributed by atoms with van der Waals surface area (Å²) in [5.41, 5.74) is 0.446. The van der Waals surface area contributed by atoms with Crippen molar-refractivity contribution in [3.8, 4) is 0 Å². The molecule has 1 rings (SSSR count). The van der Waals surface area contributed by atoms with E-state index in [1.165, 1.54) is 19.3 Å². The number of hydrogen-bond donors (Lipinski definition) is 1. The minimum Gasteiger partial charge on any atom is -0.385 e. The summed E-state index contributed by atoms with van der Waals surface area (Å²) in [5, 5.41) is 3.44. The topological polar surface area (TPSA) is 36.9 Å². The molecule has 1 saturated carbocycles. The van der Waals surface area contributed by atoms with E-state index in [2.05, 4.69) is 10.3 Å². The second-order valence-corrected chi connectivity index (χ2v) is 4.89. The van der Waals surface area contributed by atoms with Gasteiger partial charge in [-0.15, -0.1) is 0 Å². The molecule has 0 unspecified atom stereocenters. The molecular formula is C12H25N3O. The first-order valence-corrected chi connectivity index (χ1v) is 6.00. The van der Waals surface area contributed by atoms with Crippen LogP contribution in [-0.2, 0) is 4.74 Å². The predicted octanol–water partition coefficient (Wildman–Crippen LogP) is 1.33. The Kier molecular flexibility index (Phi) is 5.06. The zero-order valence-electron chi connectivity index (χ0n) is 11.0. The summed E-state index contributed by atoms with van der Waals surface area (Å²) in [6.07, 6.45) is 5.13. The second-order valence-electron chi connectivity index (χ2n) is 4.89. The van der Waals surface area contributed by atoms with Crippen molar-refractivity contribution in [1.82, 2.24) is 10.2 Å². The lowest BCUT2D eigenvalue weighted by molar-refractivity contribution is 0.0729. The highest BCUT2D eigenvalue weighted by Gasteiger charge is 2.36. The van der Waals surface area contributed by atoms with Crippen LogP contribution in [0.5, 0.6) is 0 Å². The first-order chi connectivity index (χ1) is 7.63. The third kappa shape index (κ3) is 3.37. The monoisotopic (exact) mass is 227 g/mol. The minimum absolute atomic E-state index is 0.446. The summed E-state index contributed by atoms with van der Waals surface area (Å²) in [5.74, 6) is 0.962. The zero-order valence-corrected chi connectivity index (χ0v) is 11.0. The van der Waals surface area contributed by atoms with Crippen LogP contribution in [0.3, 0.4) is 0 Å². The lowest BCUT2D eigenvalue weighted by Gasteiger charge is -2.42. The van der Waals surface area contributed by atoms with Crippen molar-refractivity contribution >= 4 is 5.96 Å². The van der Waals surface area contributed by atoms with Crippen molar-refractivity contribution in [2.24, 2.45) is 10.4 Å². The van der Waals surface area contributed by atoms with Crippen LogP contribution in [0, 0.1) is 5.41 Å². The largest absolute Gasteiger partial charge is 0.385 e. The maximum Gasteiger partial charge on any atom is 0.193 e. The van der Waals surface area contributed by atoms with Gasteiger partial charge in [-0.1, -0.05) is 6.42 Å². The van der Waals surface area contributed by atoms with Crippen molar-refractivity contribution in [1.29, 1.82) is 0 Å². The van der Waals surface area contributed by atoms with Gasteiger partial charge in [0.2, 0.25) is 0 Å². The van der Waals surface area contributed by atoms with Gasteiger partial charge in [0, 0.05) is 41.4 Å². The van der Waals surface area contributed by atoms with Gasteiger partial charge >= 0.3 is 0 Å². The highest BCUT2D eigenvalue weighted by molar-refractivity contribution is 5.79. The molecular weight excluding hydrogens is 202 g/mol. The zero-order chi connectivity index (χ0) is 12.0. The second kappa shape index (κ2) is 6.09. The average Bonchev–Trinajstić information content (AvgIpc) is 2.20. The molecule has 0 spiro atoms. The number of rotatable bonds is 5. The van der Waals surface area contributed by atoms with Crippen LogP contribution in [0.1, 0.15) is 25.7 Å². The van der Waals surface area contributed by atoms with Crippen LogP contribution in [0.2, 0.25) is 0 Å². The third-order valence-corrected chi connectivity index (χ3v) is 3.51. The van der Waals surface area contributed by atoms with Crippen molar-refractivity contribution in [3.05, 3.63) is 0 Å². The maximum absolute atomic E-state index is 5.19. The molecule has 0 aliphatic heterocycles. The number of methoxy groups -OCH3 is 1. The predicted molar refractivity (Wildman–Crippen MR) is 67.8 cm³/mol. The normalized spacial score (nSPS) is 19.1. The Hall–Kier alpha value is -0.770.